The average Bonchev–Trinajstić information content (AvgIpc) is 2.50. The lowest BCUT2D eigenvalue weighted by Crippen LogP contribution is -2.48. The molecule has 0 aliphatic carbocycles. The molecule has 1 unspecified atom stereocenters. The highest BCUT2D eigenvalue weighted by Gasteiger charge is 2.49. The summed E-state index contributed by atoms with van der Waals surface area (Å²) in [5.41, 5.74) is 0. The van der Waals surface area contributed by atoms with Crippen molar-refractivity contribution in [1.82, 2.24) is 0 Å². The van der Waals surface area contributed by atoms with Crippen molar-refractivity contribution in [2.45, 2.75) is 95.8 Å². The summed E-state index contributed by atoms with van der Waals surface area (Å²) in [6.07, 6.45) is 5.95. The van der Waals surface area contributed by atoms with E-state index >= 15 is 0 Å². The molecule has 0 aromatic heterocycles. The molecule has 0 saturated carbocycles. The van der Waals surface area contributed by atoms with Gasteiger partial charge in [0.1, 0.15) is 0 Å². The third-order valence-corrected chi connectivity index (χ3v) is 13.6. The lowest BCUT2D eigenvalue weighted by molar-refractivity contribution is -0.141. The fourth-order valence-corrected chi connectivity index (χ4v) is 6.56. The second kappa shape index (κ2) is 9.59. The van der Waals surface area contributed by atoms with Gasteiger partial charge in [0.15, 0.2) is 0 Å². The van der Waals surface area contributed by atoms with Crippen LogP contribution in [0.2, 0.25) is 23.2 Å². The molecule has 0 aliphatic rings. The molecular formula is C19H38O4Si. The molecule has 0 radical (unpaired) electrons. The van der Waals surface area contributed by atoms with Crippen molar-refractivity contribution in [2.75, 3.05) is 14.2 Å². The van der Waals surface area contributed by atoms with E-state index in [9.17, 15) is 9.59 Å². The maximum absolute atomic E-state index is 11.7. The Hall–Kier alpha value is -0.843. The van der Waals surface area contributed by atoms with Gasteiger partial charge in [-0.05, 0) is 22.9 Å². The zero-order valence-corrected chi connectivity index (χ0v) is 18.1. The normalized spacial score (nSPS) is 14.8. The quantitative estimate of drug-likeness (QED) is 0.301. The number of rotatable bonds is 10. The summed E-state index contributed by atoms with van der Waals surface area (Å²) >= 11 is 0. The summed E-state index contributed by atoms with van der Waals surface area (Å²) in [4.78, 5) is 22.9. The van der Waals surface area contributed by atoms with Gasteiger partial charge in [-0.3, -0.25) is 9.59 Å². The molecule has 0 aromatic rings. The van der Waals surface area contributed by atoms with E-state index in [4.69, 9.17) is 9.47 Å². The minimum absolute atomic E-state index is 0.120. The van der Waals surface area contributed by atoms with Crippen molar-refractivity contribution in [3.05, 3.63) is 0 Å². The van der Waals surface area contributed by atoms with Crippen molar-refractivity contribution in [3.63, 3.8) is 0 Å². The van der Waals surface area contributed by atoms with Gasteiger partial charge in [-0.25, -0.2) is 0 Å². The van der Waals surface area contributed by atoms with Gasteiger partial charge < -0.3 is 9.47 Å². The van der Waals surface area contributed by atoms with Gasteiger partial charge in [0, 0.05) is 12.8 Å². The summed E-state index contributed by atoms with van der Waals surface area (Å²) < 4.78 is 9.54. The van der Waals surface area contributed by atoms with E-state index in [2.05, 4.69) is 40.8 Å². The van der Waals surface area contributed by atoms with Gasteiger partial charge in [-0.15, -0.1) is 0 Å². The monoisotopic (exact) mass is 358 g/mol. The molecule has 24 heavy (non-hydrogen) atoms. The summed E-state index contributed by atoms with van der Waals surface area (Å²) in [5.74, 6) is -0.251. The average molecular weight is 359 g/mol. The van der Waals surface area contributed by atoms with Crippen LogP contribution in [0, 0.1) is 0 Å². The summed E-state index contributed by atoms with van der Waals surface area (Å²) in [5, 5.41) is 0.439. The second-order valence-electron chi connectivity index (χ2n) is 8.65. The predicted molar refractivity (Wildman–Crippen MR) is 102 cm³/mol. The van der Waals surface area contributed by atoms with Gasteiger partial charge in [-0.2, -0.15) is 0 Å². The Bertz CT molecular complexity index is 412. The fraction of sp³-hybridized carbons (Fsp3) is 0.895. The third kappa shape index (κ3) is 6.58. The lowest BCUT2D eigenvalue weighted by atomic mass is 9.96. The van der Waals surface area contributed by atoms with Crippen molar-refractivity contribution in [2.24, 2.45) is 0 Å². The van der Waals surface area contributed by atoms with Crippen LogP contribution in [0.1, 0.15) is 72.6 Å². The molecule has 142 valence electrons. The Morgan fingerprint density at radius 1 is 0.792 bits per heavy atom. The minimum Gasteiger partial charge on any atom is -0.469 e. The molecule has 4 nitrogen and oxygen atoms in total. The van der Waals surface area contributed by atoms with Crippen molar-refractivity contribution < 1.29 is 19.1 Å². The van der Waals surface area contributed by atoms with Crippen molar-refractivity contribution in [3.8, 4) is 0 Å². The van der Waals surface area contributed by atoms with Crippen LogP contribution in [0.5, 0.6) is 0 Å². The summed E-state index contributed by atoms with van der Waals surface area (Å²) in [7, 11) is 1.26. The topological polar surface area (TPSA) is 52.6 Å². The minimum atomic E-state index is -1.63. The Morgan fingerprint density at radius 3 is 1.75 bits per heavy atom. The van der Waals surface area contributed by atoms with E-state index in [0.717, 1.165) is 32.1 Å². The Morgan fingerprint density at radius 2 is 1.29 bits per heavy atom. The molecule has 0 spiro atoms. The molecule has 0 rings (SSSR count). The SMILES string of the molecule is COC(=O)CCCCCC(C)(CCC(=O)OC)[Si](C)(C)C(C)(C)C. The molecule has 0 aliphatic heterocycles. The first-order chi connectivity index (χ1) is 10.9. The van der Waals surface area contributed by atoms with Crippen LogP contribution in [-0.4, -0.2) is 34.2 Å². The van der Waals surface area contributed by atoms with Gasteiger partial charge >= 0.3 is 11.9 Å². The number of hydrogen-bond donors (Lipinski definition) is 0. The van der Waals surface area contributed by atoms with Crippen LogP contribution in [-0.2, 0) is 19.1 Å². The Kier molecular flexibility index (Phi) is 9.25. The van der Waals surface area contributed by atoms with Crippen LogP contribution >= 0.6 is 0 Å². The number of ether oxygens (including phenoxy) is 2. The maximum atomic E-state index is 11.7. The van der Waals surface area contributed by atoms with Crippen LogP contribution in [0.15, 0.2) is 0 Å². The van der Waals surface area contributed by atoms with Crippen LogP contribution < -0.4 is 0 Å². The number of hydrogen-bond acceptors (Lipinski definition) is 4. The number of carbonyl (C=O) groups excluding carboxylic acids is 2. The highest BCUT2D eigenvalue weighted by Crippen LogP contribution is 2.56. The third-order valence-electron chi connectivity index (χ3n) is 6.33. The van der Waals surface area contributed by atoms with E-state index in [1.807, 2.05) is 0 Å². The molecule has 0 N–H and O–H groups in total. The van der Waals surface area contributed by atoms with Crippen LogP contribution in [0.4, 0.5) is 0 Å². The summed E-state index contributed by atoms with van der Waals surface area (Å²) in [6, 6.07) is 0. The molecule has 0 aromatic carbocycles. The van der Waals surface area contributed by atoms with Crippen LogP contribution in [0.25, 0.3) is 0 Å². The largest absolute Gasteiger partial charge is 0.469 e. The molecule has 0 fully saturated rings. The van der Waals surface area contributed by atoms with Gasteiger partial charge in [0.05, 0.1) is 22.3 Å². The maximum Gasteiger partial charge on any atom is 0.305 e. The molecule has 0 bridgehead atoms. The number of methoxy groups -OCH3 is 2. The Labute approximate surface area is 149 Å². The van der Waals surface area contributed by atoms with Gasteiger partial charge in [0.2, 0.25) is 0 Å². The van der Waals surface area contributed by atoms with Gasteiger partial charge in [-0.1, -0.05) is 60.1 Å². The summed E-state index contributed by atoms with van der Waals surface area (Å²) in [6.45, 7) is 14.2. The standard InChI is InChI=1S/C19H38O4Si/c1-18(2,3)24(7,8)19(4,15-13-17(21)23-6)14-11-9-10-12-16(20)22-5/h9-15H2,1-8H3. The van der Waals surface area contributed by atoms with E-state index < -0.39 is 8.07 Å². The fourth-order valence-electron chi connectivity index (χ4n) is 3.20. The zero-order chi connectivity index (χ0) is 19.0. The van der Waals surface area contributed by atoms with E-state index in [1.165, 1.54) is 14.2 Å². The molecule has 5 heteroatoms. The number of unbranched alkanes of at least 4 members (excludes halogenated alkanes) is 2. The highest BCUT2D eigenvalue weighted by molar-refractivity contribution is 6.83. The lowest BCUT2D eigenvalue weighted by Gasteiger charge is -2.51. The first kappa shape index (κ1) is 23.2. The molecule has 0 saturated heterocycles. The molecule has 0 heterocycles. The first-order valence-corrected chi connectivity index (χ1v) is 12.0. The smallest absolute Gasteiger partial charge is 0.305 e. The number of carbonyl (C=O) groups is 2. The molecule has 1 atom stereocenters. The number of esters is 2. The second-order valence-corrected chi connectivity index (χ2v) is 14.6. The van der Waals surface area contributed by atoms with E-state index in [1.54, 1.807) is 0 Å². The highest BCUT2D eigenvalue weighted by atomic mass is 28.3. The van der Waals surface area contributed by atoms with E-state index in [0.29, 0.717) is 12.8 Å². The predicted octanol–water partition coefficient (Wildman–Crippen LogP) is 5.33. The van der Waals surface area contributed by atoms with Crippen molar-refractivity contribution >= 4 is 20.0 Å². The van der Waals surface area contributed by atoms with E-state index in [-0.39, 0.29) is 22.0 Å². The van der Waals surface area contributed by atoms with Crippen LogP contribution in [0.3, 0.4) is 0 Å². The first-order valence-electron chi connectivity index (χ1n) is 9.05. The molecule has 0 amide bonds. The molecular weight excluding hydrogens is 320 g/mol. The zero-order valence-electron chi connectivity index (χ0n) is 17.1. The van der Waals surface area contributed by atoms with Crippen molar-refractivity contribution in [1.29, 1.82) is 0 Å². The van der Waals surface area contributed by atoms with Gasteiger partial charge in [0.25, 0.3) is 0 Å². The Balaban J connectivity index is 4.87.